The first-order valence-electron chi connectivity index (χ1n) is 6.34. The van der Waals surface area contributed by atoms with Gasteiger partial charge in [-0.3, -0.25) is 0 Å². The molecule has 0 saturated carbocycles. The summed E-state index contributed by atoms with van der Waals surface area (Å²) < 4.78 is 28.3. The molecular weight excluding hydrogens is 304 g/mol. The molecule has 4 nitrogen and oxygen atoms in total. The van der Waals surface area contributed by atoms with E-state index in [-0.39, 0.29) is 0 Å². The van der Waals surface area contributed by atoms with Crippen molar-refractivity contribution in [2.45, 2.75) is 44.4 Å². The molecule has 2 atom stereocenters. The molecule has 0 bridgehead atoms. The average molecular weight is 327 g/mol. The summed E-state index contributed by atoms with van der Waals surface area (Å²) in [7, 11) is -3.26. The van der Waals surface area contributed by atoms with Crippen LogP contribution in [0.5, 0.6) is 0 Å². The molecule has 1 fully saturated rings. The summed E-state index contributed by atoms with van der Waals surface area (Å²) in [5, 5.41) is 0. The normalized spacial score (nSPS) is 24.8. The molecule has 17 heavy (non-hydrogen) atoms. The minimum absolute atomic E-state index is 0.394. The van der Waals surface area contributed by atoms with E-state index in [9.17, 15) is 8.42 Å². The first-order valence-corrected chi connectivity index (χ1v) is 8.70. The molecule has 1 N–H and O–H groups in total. The zero-order chi connectivity index (χ0) is 12.9. The number of nitrogens with zero attached hydrogens (tertiary/aromatic N) is 1. The van der Waals surface area contributed by atoms with Crippen molar-refractivity contribution in [3.05, 3.63) is 0 Å². The topological polar surface area (TPSA) is 49.4 Å². The fraction of sp³-hybridized carbons (Fsp3) is 1.00. The predicted octanol–water partition coefficient (Wildman–Crippen LogP) is 2.12. The van der Waals surface area contributed by atoms with Crippen LogP contribution >= 0.6 is 15.9 Å². The van der Waals surface area contributed by atoms with Gasteiger partial charge < -0.3 is 0 Å². The molecule has 0 radical (unpaired) electrons. The second kappa shape index (κ2) is 7.07. The van der Waals surface area contributed by atoms with Gasteiger partial charge in [0.1, 0.15) is 0 Å². The number of alkyl halides is 1. The van der Waals surface area contributed by atoms with Crippen molar-refractivity contribution in [2.24, 2.45) is 5.92 Å². The summed E-state index contributed by atoms with van der Waals surface area (Å²) in [5.74, 6) is 0.472. The minimum Gasteiger partial charge on any atom is -0.202 e. The van der Waals surface area contributed by atoms with E-state index in [2.05, 4.69) is 34.5 Å². The van der Waals surface area contributed by atoms with Gasteiger partial charge in [0, 0.05) is 24.5 Å². The van der Waals surface area contributed by atoms with Gasteiger partial charge in [-0.05, 0) is 31.6 Å². The fourth-order valence-electron chi connectivity index (χ4n) is 2.00. The average Bonchev–Trinajstić information content (AvgIpc) is 2.28. The Kier molecular flexibility index (Phi) is 6.40. The molecule has 2 unspecified atom stereocenters. The summed E-state index contributed by atoms with van der Waals surface area (Å²) in [5.41, 5.74) is 0. The van der Waals surface area contributed by atoms with Crippen LogP contribution in [0.15, 0.2) is 0 Å². The highest BCUT2D eigenvalue weighted by molar-refractivity contribution is 9.09. The van der Waals surface area contributed by atoms with E-state index in [0.29, 0.717) is 30.4 Å². The van der Waals surface area contributed by atoms with Gasteiger partial charge in [-0.2, -0.15) is 12.7 Å². The molecule has 1 rings (SSSR count). The van der Waals surface area contributed by atoms with Crippen molar-refractivity contribution in [3.63, 3.8) is 0 Å². The van der Waals surface area contributed by atoms with Crippen LogP contribution in [-0.4, -0.2) is 37.2 Å². The first kappa shape index (κ1) is 15.4. The minimum atomic E-state index is -3.26. The Morgan fingerprint density at radius 2 is 2.24 bits per heavy atom. The van der Waals surface area contributed by atoms with Crippen molar-refractivity contribution in [2.75, 3.05) is 19.6 Å². The number of piperidine rings is 1. The Morgan fingerprint density at radius 1 is 1.53 bits per heavy atom. The number of hydrogen-bond donors (Lipinski definition) is 1. The highest BCUT2D eigenvalue weighted by atomic mass is 79.9. The van der Waals surface area contributed by atoms with E-state index in [1.807, 2.05) is 0 Å². The standard InChI is InChI=1S/C11H23BrN2O2S/c1-3-11(12)6-7-13-17(15,16)14-8-4-5-10(2)9-14/h10-11,13H,3-9H2,1-2H3. The van der Waals surface area contributed by atoms with Crippen LogP contribution in [0.3, 0.4) is 0 Å². The molecule has 0 aromatic carbocycles. The highest BCUT2D eigenvalue weighted by Gasteiger charge is 2.26. The van der Waals surface area contributed by atoms with Crippen molar-refractivity contribution < 1.29 is 8.42 Å². The third kappa shape index (κ3) is 5.24. The molecule has 1 heterocycles. The summed E-state index contributed by atoms with van der Waals surface area (Å²) in [6, 6.07) is 0. The van der Waals surface area contributed by atoms with Crippen LogP contribution in [0.1, 0.15) is 39.5 Å². The van der Waals surface area contributed by atoms with Gasteiger partial charge in [0.2, 0.25) is 0 Å². The molecule has 1 aliphatic rings. The number of hydrogen-bond acceptors (Lipinski definition) is 2. The quantitative estimate of drug-likeness (QED) is 0.760. The summed E-state index contributed by atoms with van der Waals surface area (Å²) >= 11 is 3.50. The third-order valence-corrected chi connectivity index (χ3v) is 5.83. The Balaban J connectivity index is 2.39. The van der Waals surface area contributed by atoms with Gasteiger partial charge >= 0.3 is 0 Å². The molecule has 0 aromatic heterocycles. The van der Waals surface area contributed by atoms with Gasteiger partial charge in [-0.1, -0.05) is 29.8 Å². The molecule has 0 amide bonds. The third-order valence-electron chi connectivity index (χ3n) is 3.14. The summed E-state index contributed by atoms with van der Waals surface area (Å²) in [6.07, 6.45) is 3.95. The zero-order valence-corrected chi connectivity index (χ0v) is 13.1. The van der Waals surface area contributed by atoms with E-state index in [1.165, 1.54) is 0 Å². The predicted molar refractivity (Wildman–Crippen MR) is 74.5 cm³/mol. The SMILES string of the molecule is CCC(Br)CCNS(=O)(=O)N1CCCC(C)C1. The maximum Gasteiger partial charge on any atom is 0.279 e. The summed E-state index contributed by atoms with van der Waals surface area (Å²) in [6.45, 7) is 6.01. The van der Waals surface area contributed by atoms with Gasteiger partial charge in [0.25, 0.3) is 10.2 Å². The van der Waals surface area contributed by atoms with Gasteiger partial charge in [-0.15, -0.1) is 0 Å². The molecule has 1 aliphatic heterocycles. The van der Waals surface area contributed by atoms with Crippen molar-refractivity contribution >= 4 is 26.1 Å². The second-order valence-corrected chi connectivity index (χ2v) is 7.85. The molecular formula is C11H23BrN2O2S. The Hall–Kier alpha value is 0.350. The first-order chi connectivity index (χ1) is 7.95. The Labute approximate surface area is 113 Å². The van der Waals surface area contributed by atoms with Gasteiger partial charge in [0.15, 0.2) is 0 Å². The van der Waals surface area contributed by atoms with Crippen LogP contribution < -0.4 is 4.72 Å². The Bertz CT molecular complexity index is 321. The highest BCUT2D eigenvalue weighted by Crippen LogP contribution is 2.17. The second-order valence-electron chi connectivity index (χ2n) is 4.80. The lowest BCUT2D eigenvalue weighted by molar-refractivity contribution is 0.278. The van der Waals surface area contributed by atoms with E-state index in [4.69, 9.17) is 0 Å². The van der Waals surface area contributed by atoms with Crippen LogP contribution in [-0.2, 0) is 10.2 Å². The van der Waals surface area contributed by atoms with Crippen molar-refractivity contribution in [1.29, 1.82) is 0 Å². The maximum atomic E-state index is 12.0. The number of nitrogens with one attached hydrogen (secondary N) is 1. The van der Waals surface area contributed by atoms with Crippen molar-refractivity contribution in [3.8, 4) is 0 Å². The molecule has 6 heteroatoms. The fourth-order valence-corrected chi connectivity index (χ4v) is 3.61. The number of rotatable bonds is 6. The van der Waals surface area contributed by atoms with Gasteiger partial charge in [0.05, 0.1) is 0 Å². The molecule has 0 aromatic rings. The van der Waals surface area contributed by atoms with E-state index < -0.39 is 10.2 Å². The lowest BCUT2D eigenvalue weighted by Gasteiger charge is -2.30. The monoisotopic (exact) mass is 326 g/mol. The smallest absolute Gasteiger partial charge is 0.202 e. The lowest BCUT2D eigenvalue weighted by atomic mass is 10.0. The molecule has 1 saturated heterocycles. The van der Waals surface area contributed by atoms with Crippen LogP contribution in [0.2, 0.25) is 0 Å². The lowest BCUT2D eigenvalue weighted by Crippen LogP contribution is -2.45. The number of halogens is 1. The summed E-state index contributed by atoms with van der Waals surface area (Å²) in [4.78, 5) is 0.394. The molecule has 102 valence electrons. The van der Waals surface area contributed by atoms with Crippen LogP contribution in [0.4, 0.5) is 0 Å². The molecule has 0 aliphatic carbocycles. The van der Waals surface area contributed by atoms with Crippen LogP contribution in [0.25, 0.3) is 0 Å². The van der Waals surface area contributed by atoms with E-state index in [0.717, 1.165) is 25.7 Å². The maximum absolute atomic E-state index is 12.0. The van der Waals surface area contributed by atoms with E-state index >= 15 is 0 Å². The van der Waals surface area contributed by atoms with Gasteiger partial charge in [-0.25, -0.2) is 4.72 Å². The van der Waals surface area contributed by atoms with Crippen LogP contribution in [0, 0.1) is 5.92 Å². The zero-order valence-electron chi connectivity index (χ0n) is 10.7. The molecule has 0 spiro atoms. The van der Waals surface area contributed by atoms with Crippen molar-refractivity contribution in [1.82, 2.24) is 9.03 Å². The van der Waals surface area contributed by atoms with E-state index in [1.54, 1.807) is 4.31 Å². The largest absolute Gasteiger partial charge is 0.279 e. The Morgan fingerprint density at radius 3 is 2.82 bits per heavy atom.